The molecule has 0 spiro atoms. The third-order valence-electron chi connectivity index (χ3n) is 4.03. The number of fused-ring (bicyclic) bond motifs is 1. The summed E-state index contributed by atoms with van der Waals surface area (Å²) in [5, 5.41) is 6.60. The van der Waals surface area contributed by atoms with Crippen LogP contribution >= 0.6 is 0 Å². The third kappa shape index (κ3) is 4.09. The van der Waals surface area contributed by atoms with E-state index < -0.39 is 0 Å². The van der Waals surface area contributed by atoms with Crippen LogP contribution in [-0.4, -0.2) is 29.5 Å². The second kappa shape index (κ2) is 7.70. The van der Waals surface area contributed by atoms with Crippen molar-refractivity contribution in [3.8, 4) is 5.75 Å². The first-order chi connectivity index (χ1) is 12.2. The number of rotatable bonds is 5. The van der Waals surface area contributed by atoms with Gasteiger partial charge in [-0.2, -0.15) is 0 Å². The van der Waals surface area contributed by atoms with Gasteiger partial charge in [0.05, 0.1) is 19.3 Å². The molecule has 6 nitrogen and oxygen atoms in total. The highest BCUT2D eigenvalue weighted by molar-refractivity contribution is 5.79. The molecule has 2 aromatic heterocycles. The van der Waals surface area contributed by atoms with Crippen LogP contribution in [0.5, 0.6) is 5.75 Å². The van der Waals surface area contributed by atoms with Crippen LogP contribution in [0.1, 0.15) is 17.0 Å². The minimum Gasteiger partial charge on any atom is -0.497 e. The number of hydrogen-bond donors (Lipinski definition) is 2. The molecule has 25 heavy (non-hydrogen) atoms. The van der Waals surface area contributed by atoms with Crippen LogP contribution < -0.4 is 15.4 Å². The average molecular weight is 337 g/mol. The lowest BCUT2D eigenvalue weighted by molar-refractivity contribution is 0.414. The van der Waals surface area contributed by atoms with E-state index in [1.54, 1.807) is 14.2 Å². The van der Waals surface area contributed by atoms with E-state index in [2.05, 4.69) is 44.2 Å². The molecule has 1 aromatic carbocycles. The number of pyridine rings is 1. The van der Waals surface area contributed by atoms with E-state index in [-0.39, 0.29) is 0 Å². The fourth-order valence-corrected chi connectivity index (χ4v) is 2.61. The van der Waals surface area contributed by atoms with Gasteiger partial charge >= 0.3 is 0 Å². The standard InChI is InChI=1S/C19H23N5O/c1-14-5-4-6-18-23-16(13-24(14)18)12-22-19(20-2)21-11-15-7-9-17(25-3)10-8-15/h4-10,13H,11-12H2,1-3H3,(H2,20,21,22). The van der Waals surface area contributed by atoms with E-state index in [4.69, 9.17) is 4.74 Å². The topological polar surface area (TPSA) is 63.0 Å². The number of aromatic nitrogens is 2. The molecular weight excluding hydrogens is 314 g/mol. The molecule has 3 rings (SSSR count). The van der Waals surface area contributed by atoms with Crippen molar-refractivity contribution in [1.82, 2.24) is 20.0 Å². The normalized spacial score (nSPS) is 11.6. The zero-order valence-electron chi connectivity index (χ0n) is 14.8. The van der Waals surface area contributed by atoms with Gasteiger partial charge in [-0.15, -0.1) is 0 Å². The number of aliphatic imine (C=N–C) groups is 1. The summed E-state index contributed by atoms with van der Waals surface area (Å²) in [7, 11) is 3.43. The van der Waals surface area contributed by atoms with Crippen LogP contribution in [0.15, 0.2) is 53.7 Å². The van der Waals surface area contributed by atoms with Crippen molar-refractivity contribution in [2.45, 2.75) is 20.0 Å². The quantitative estimate of drug-likeness (QED) is 0.555. The highest BCUT2D eigenvalue weighted by atomic mass is 16.5. The Hall–Kier alpha value is -3.02. The molecule has 0 fully saturated rings. The van der Waals surface area contributed by atoms with Crippen LogP contribution in [0.4, 0.5) is 0 Å². The van der Waals surface area contributed by atoms with Crippen molar-refractivity contribution < 1.29 is 4.74 Å². The fraction of sp³-hybridized carbons (Fsp3) is 0.263. The first-order valence-electron chi connectivity index (χ1n) is 8.20. The van der Waals surface area contributed by atoms with Crippen molar-refractivity contribution in [1.29, 1.82) is 0 Å². The molecule has 0 aliphatic carbocycles. The number of hydrogen-bond acceptors (Lipinski definition) is 3. The smallest absolute Gasteiger partial charge is 0.191 e. The number of nitrogens with zero attached hydrogens (tertiary/aromatic N) is 3. The Kier molecular flexibility index (Phi) is 5.18. The number of guanidine groups is 1. The second-order valence-corrected chi connectivity index (χ2v) is 5.76. The Morgan fingerprint density at radius 2 is 1.88 bits per heavy atom. The van der Waals surface area contributed by atoms with Gasteiger partial charge in [-0.1, -0.05) is 18.2 Å². The number of ether oxygens (including phenoxy) is 1. The monoisotopic (exact) mass is 337 g/mol. The lowest BCUT2D eigenvalue weighted by Gasteiger charge is -2.11. The van der Waals surface area contributed by atoms with Crippen molar-refractivity contribution in [3.05, 3.63) is 65.6 Å². The summed E-state index contributed by atoms with van der Waals surface area (Å²) in [6.45, 7) is 3.37. The lowest BCUT2D eigenvalue weighted by Crippen LogP contribution is -2.36. The first kappa shape index (κ1) is 16.8. The molecule has 0 atom stereocenters. The second-order valence-electron chi connectivity index (χ2n) is 5.76. The zero-order valence-corrected chi connectivity index (χ0v) is 14.8. The third-order valence-corrected chi connectivity index (χ3v) is 4.03. The van der Waals surface area contributed by atoms with Crippen LogP contribution in [-0.2, 0) is 13.1 Å². The summed E-state index contributed by atoms with van der Waals surface area (Å²) in [6, 6.07) is 14.1. The Morgan fingerprint density at radius 3 is 2.56 bits per heavy atom. The number of aryl methyl sites for hydroxylation is 1. The van der Waals surface area contributed by atoms with Gasteiger partial charge in [0.15, 0.2) is 5.96 Å². The Labute approximate surface area is 147 Å². The van der Waals surface area contributed by atoms with Crippen LogP contribution in [0.25, 0.3) is 5.65 Å². The van der Waals surface area contributed by atoms with E-state index in [1.807, 2.05) is 36.4 Å². The first-order valence-corrected chi connectivity index (χ1v) is 8.20. The number of benzene rings is 1. The number of nitrogens with one attached hydrogen (secondary N) is 2. The molecule has 0 saturated heterocycles. The van der Waals surface area contributed by atoms with Gasteiger partial charge in [0.1, 0.15) is 11.4 Å². The Balaban J connectivity index is 1.57. The maximum Gasteiger partial charge on any atom is 0.191 e. The lowest BCUT2D eigenvalue weighted by atomic mass is 10.2. The maximum absolute atomic E-state index is 5.17. The predicted octanol–water partition coefficient (Wildman–Crippen LogP) is 2.52. The summed E-state index contributed by atoms with van der Waals surface area (Å²) < 4.78 is 7.26. The molecule has 0 bridgehead atoms. The zero-order chi connectivity index (χ0) is 17.6. The molecule has 3 aromatic rings. The molecule has 0 aliphatic heterocycles. The summed E-state index contributed by atoms with van der Waals surface area (Å²) >= 11 is 0. The molecule has 2 N–H and O–H groups in total. The highest BCUT2D eigenvalue weighted by Gasteiger charge is 2.04. The van der Waals surface area contributed by atoms with E-state index in [1.165, 1.54) is 5.69 Å². The van der Waals surface area contributed by atoms with Gasteiger partial charge in [-0.05, 0) is 36.8 Å². The van der Waals surface area contributed by atoms with Gasteiger partial charge in [-0.25, -0.2) is 4.98 Å². The van der Waals surface area contributed by atoms with Gasteiger partial charge in [-0.3, -0.25) is 4.99 Å². The molecule has 0 aliphatic rings. The minimum absolute atomic E-state index is 0.614. The van der Waals surface area contributed by atoms with E-state index in [0.29, 0.717) is 13.1 Å². The molecule has 0 unspecified atom stereocenters. The maximum atomic E-state index is 5.17. The van der Waals surface area contributed by atoms with Crippen LogP contribution in [0, 0.1) is 6.92 Å². The highest BCUT2D eigenvalue weighted by Crippen LogP contribution is 2.11. The summed E-state index contributed by atoms with van der Waals surface area (Å²) in [5.74, 6) is 1.60. The molecule has 130 valence electrons. The minimum atomic E-state index is 0.614. The van der Waals surface area contributed by atoms with Crippen LogP contribution in [0.2, 0.25) is 0 Å². The molecule has 6 heteroatoms. The van der Waals surface area contributed by atoms with Crippen molar-refractivity contribution in [2.24, 2.45) is 4.99 Å². The van der Waals surface area contributed by atoms with Gasteiger partial charge < -0.3 is 19.8 Å². The van der Waals surface area contributed by atoms with E-state index in [9.17, 15) is 0 Å². The molecule has 0 amide bonds. The van der Waals surface area contributed by atoms with Crippen molar-refractivity contribution >= 4 is 11.6 Å². The van der Waals surface area contributed by atoms with E-state index >= 15 is 0 Å². The van der Waals surface area contributed by atoms with Crippen molar-refractivity contribution in [3.63, 3.8) is 0 Å². The van der Waals surface area contributed by atoms with Gasteiger partial charge in [0.2, 0.25) is 0 Å². The molecule has 0 radical (unpaired) electrons. The SMILES string of the molecule is CN=C(NCc1ccc(OC)cc1)NCc1cn2c(C)cccc2n1. The summed E-state index contributed by atoms with van der Waals surface area (Å²) in [5.41, 5.74) is 4.25. The van der Waals surface area contributed by atoms with E-state index in [0.717, 1.165) is 28.6 Å². The summed E-state index contributed by atoms with van der Waals surface area (Å²) in [6.07, 6.45) is 2.05. The number of methoxy groups -OCH3 is 1. The number of imidazole rings is 1. The predicted molar refractivity (Wildman–Crippen MR) is 100.0 cm³/mol. The van der Waals surface area contributed by atoms with Gasteiger partial charge in [0, 0.05) is 25.5 Å². The molecule has 0 saturated carbocycles. The fourth-order valence-electron chi connectivity index (χ4n) is 2.61. The van der Waals surface area contributed by atoms with Crippen molar-refractivity contribution in [2.75, 3.05) is 14.2 Å². The van der Waals surface area contributed by atoms with Crippen LogP contribution in [0.3, 0.4) is 0 Å². The largest absolute Gasteiger partial charge is 0.497 e. The average Bonchev–Trinajstić information content (AvgIpc) is 3.07. The Bertz CT molecular complexity index is 867. The molecule has 2 heterocycles. The Morgan fingerprint density at radius 1 is 1.12 bits per heavy atom. The van der Waals surface area contributed by atoms with Gasteiger partial charge in [0.25, 0.3) is 0 Å². The molecular formula is C19H23N5O. The summed E-state index contributed by atoms with van der Waals surface area (Å²) in [4.78, 5) is 8.88.